The lowest BCUT2D eigenvalue weighted by molar-refractivity contribution is -0.137. The number of rotatable bonds is 6. The summed E-state index contributed by atoms with van der Waals surface area (Å²) in [7, 11) is 2.66. The van der Waals surface area contributed by atoms with E-state index < -0.39 is 35.0 Å². The Bertz CT molecular complexity index is 1260. The molecule has 182 valence electrons. The number of nitrogens with one attached hydrogen (secondary N) is 3. The predicted octanol–water partition coefficient (Wildman–Crippen LogP) is 3.34. The Morgan fingerprint density at radius 1 is 0.886 bits per heavy atom. The second kappa shape index (κ2) is 10.5. The molecule has 0 saturated heterocycles. The fourth-order valence-corrected chi connectivity index (χ4v) is 2.88. The molecule has 3 aromatic rings. The van der Waals surface area contributed by atoms with Crippen molar-refractivity contribution in [3.05, 3.63) is 83.2 Å². The Hall–Kier alpha value is -4.61. The van der Waals surface area contributed by atoms with E-state index in [2.05, 4.69) is 21.2 Å². The molecular weight excluding hydrogens is 469 g/mol. The lowest BCUT2D eigenvalue weighted by Gasteiger charge is -2.13. The van der Waals surface area contributed by atoms with Gasteiger partial charge < -0.3 is 14.8 Å². The number of amides is 3. The van der Waals surface area contributed by atoms with Crippen molar-refractivity contribution in [3.63, 3.8) is 0 Å². The molecule has 2 aromatic carbocycles. The number of nitrogens with zero attached hydrogens (tertiary/aromatic N) is 1. The minimum absolute atomic E-state index is 0.0828. The van der Waals surface area contributed by atoms with Gasteiger partial charge in [-0.1, -0.05) is 6.07 Å². The molecule has 1 aromatic heterocycles. The first-order chi connectivity index (χ1) is 16.6. The second-order valence-corrected chi connectivity index (χ2v) is 6.91. The van der Waals surface area contributed by atoms with Crippen molar-refractivity contribution >= 4 is 17.7 Å². The topological polar surface area (TPSA) is 119 Å². The lowest BCUT2D eigenvalue weighted by atomic mass is 10.1. The van der Waals surface area contributed by atoms with E-state index >= 15 is 0 Å². The Morgan fingerprint density at radius 2 is 1.60 bits per heavy atom. The van der Waals surface area contributed by atoms with Crippen LogP contribution < -0.4 is 25.6 Å². The third-order valence-electron chi connectivity index (χ3n) is 4.58. The van der Waals surface area contributed by atoms with Crippen LogP contribution in [-0.2, 0) is 6.18 Å². The number of benzene rings is 2. The van der Waals surface area contributed by atoms with Crippen molar-refractivity contribution in [1.82, 2.24) is 21.2 Å². The molecule has 0 atom stereocenters. The molecule has 12 heteroatoms. The number of pyridine rings is 1. The van der Waals surface area contributed by atoms with E-state index in [9.17, 15) is 27.6 Å². The zero-order valence-electron chi connectivity index (χ0n) is 18.4. The van der Waals surface area contributed by atoms with Crippen LogP contribution in [0.5, 0.6) is 17.2 Å². The summed E-state index contributed by atoms with van der Waals surface area (Å²) in [5.74, 6) is -1.73. The molecule has 0 aliphatic heterocycles. The van der Waals surface area contributed by atoms with E-state index in [-0.39, 0.29) is 22.8 Å². The summed E-state index contributed by atoms with van der Waals surface area (Å²) in [4.78, 5) is 40.6. The molecular formula is C23H19F3N4O5. The Morgan fingerprint density at radius 3 is 2.29 bits per heavy atom. The minimum Gasteiger partial charge on any atom is -0.496 e. The van der Waals surface area contributed by atoms with Crippen molar-refractivity contribution in [1.29, 1.82) is 0 Å². The SMILES string of the molecule is CNC(=O)c1cc(Oc2cccc(C(=O)NNC(=O)c3cc(C(F)(F)F)ccc3OC)c2)ccn1. The average molecular weight is 488 g/mol. The summed E-state index contributed by atoms with van der Waals surface area (Å²) in [6, 6.07) is 11.2. The number of methoxy groups -OCH3 is 1. The fraction of sp³-hybridized carbons (Fsp3) is 0.130. The van der Waals surface area contributed by atoms with Crippen molar-refractivity contribution in [2.75, 3.05) is 14.2 Å². The summed E-state index contributed by atoms with van der Waals surface area (Å²) in [6.07, 6.45) is -3.28. The van der Waals surface area contributed by atoms with E-state index in [1.165, 1.54) is 50.7 Å². The number of ether oxygens (including phenoxy) is 2. The quantitative estimate of drug-likeness (QED) is 0.458. The monoisotopic (exact) mass is 488 g/mol. The number of alkyl halides is 3. The number of carbonyl (C=O) groups excluding carboxylic acids is 3. The van der Waals surface area contributed by atoms with Crippen LogP contribution >= 0.6 is 0 Å². The molecule has 0 radical (unpaired) electrons. The van der Waals surface area contributed by atoms with Crippen LogP contribution in [0.3, 0.4) is 0 Å². The van der Waals surface area contributed by atoms with Crippen molar-refractivity contribution < 1.29 is 37.0 Å². The normalized spacial score (nSPS) is 10.8. The van der Waals surface area contributed by atoms with Crippen molar-refractivity contribution in [3.8, 4) is 17.2 Å². The molecule has 0 bridgehead atoms. The number of halogens is 3. The maximum Gasteiger partial charge on any atom is 0.416 e. The number of hydrogen-bond donors (Lipinski definition) is 3. The van der Waals surface area contributed by atoms with E-state index in [0.29, 0.717) is 11.8 Å². The van der Waals surface area contributed by atoms with Gasteiger partial charge in [-0.15, -0.1) is 0 Å². The van der Waals surface area contributed by atoms with E-state index in [1.807, 2.05) is 0 Å². The van der Waals surface area contributed by atoms with Crippen LogP contribution in [0.2, 0.25) is 0 Å². The molecule has 9 nitrogen and oxygen atoms in total. The Kier molecular flexibility index (Phi) is 7.54. The van der Waals surface area contributed by atoms with Gasteiger partial charge in [-0.3, -0.25) is 30.2 Å². The highest BCUT2D eigenvalue weighted by atomic mass is 19.4. The second-order valence-electron chi connectivity index (χ2n) is 6.91. The van der Waals surface area contributed by atoms with Crippen molar-refractivity contribution in [2.45, 2.75) is 6.18 Å². The molecule has 0 aliphatic carbocycles. The summed E-state index contributed by atoms with van der Waals surface area (Å²) >= 11 is 0. The zero-order chi connectivity index (χ0) is 25.6. The third-order valence-corrected chi connectivity index (χ3v) is 4.58. The first-order valence-electron chi connectivity index (χ1n) is 9.94. The number of carbonyl (C=O) groups is 3. The van der Waals surface area contributed by atoms with Crippen LogP contribution in [0.15, 0.2) is 60.8 Å². The summed E-state index contributed by atoms with van der Waals surface area (Å²) in [5, 5.41) is 2.44. The highest BCUT2D eigenvalue weighted by molar-refractivity contribution is 6.00. The molecule has 3 amide bonds. The van der Waals surface area contributed by atoms with Gasteiger partial charge in [0, 0.05) is 24.9 Å². The third kappa shape index (κ3) is 6.25. The van der Waals surface area contributed by atoms with Crippen LogP contribution in [-0.4, -0.2) is 36.9 Å². The number of hydrogen-bond acceptors (Lipinski definition) is 6. The van der Waals surface area contributed by atoms with Crippen LogP contribution in [0.25, 0.3) is 0 Å². The molecule has 35 heavy (non-hydrogen) atoms. The van der Waals surface area contributed by atoms with Crippen LogP contribution in [0.4, 0.5) is 13.2 Å². The first kappa shape index (κ1) is 25.0. The number of aromatic nitrogens is 1. The van der Waals surface area contributed by atoms with Gasteiger partial charge in [0.15, 0.2) is 0 Å². The first-order valence-corrected chi connectivity index (χ1v) is 9.94. The molecule has 3 N–H and O–H groups in total. The summed E-state index contributed by atoms with van der Waals surface area (Å²) < 4.78 is 49.6. The van der Waals surface area contributed by atoms with Crippen molar-refractivity contribution in [2.24, 2.45) is 0 Å². The van der Waals surface area contributed by atoms with Gasteiger partial charge in [-0.25, -0.2) is 0 Å². The molecule has 0 unspecified atom stereocenters. The predicted molar refractivity (Wildman–Crippen MR) is 117 cm³/mol. The Balaban J connectivity index is 1.70. The molecule has 0 aliphatic rings. The van der Waals surface area contributed by atoms with E-state index in [4.69, 9.17) is 9.47 Å². The average Bonchev–Trinajstić information content (AvgIpc) is 2.85. The standard InChI is InChI=1S/C23H19F3N4O5/c1-27-22(33)18-12-16(8-9-28-18)35-15-5-3-4-13(10-15)20(31)29-30-21(32)17-11-14(23(24,25)26)6-7-19(17)34-2/h3-12H,1-2H3,(H,27,33)(H,29,31)(H,30,32). The van der Waals surface area contributed by atoms with Gasteiger partial charge in [0.05, 0.1) is 18.2 Å². The van der Waals surface area contributed by atoms with Gasteiger partial charge >= 0.3 is 6.18 Å². The molecule has 0 fully saturated rings. The van der Waals surface area contributed by atoms with Gasteiger partial charge in [0.25, 0.3) is 17.7 Å². The van der Waals surface area contributed by atoms with Crippen LogP contribution in [0, 0.1) is 0 Å². The fourth-order valence-electron chi connectivity index (χ4n) is 2.88. The highest BCUT2D eigenvalue weighted by Crippen LogP contribution is 2.32. The van der Waals surface area contributed by atoms with E-state index in [0.717, 1.165) is 12.1 Å². The lowest BCUT2D eigenvalue weighted by Crippen LogP contribution is -2.41. The summed E-state index contributed by atoms with van der Waals surface area (Å²) in [5.41, 5.74) is 2.96. The maximum atomic E-state index is 13.0. The molecule has 3 rings (SSSR count). The summed E-state index contributed by atoms with van der Waals surface area (Å²) in [6.45, 7) is 0. The molecule has 0 saturated carbocycles. The Labute approximate surface area is 197 Å². The largest absolute Gasteiger partial charge is 0.496 e. The molecule has 0 spiro atoms. The van der Waals surface area contributed by atoms with Gasteiger partial charge in [0.2, 0.25) is 0 Å². The van der Waals surface area contributed by atoms with E-state index in [1.54, 1.807) is 6.07 Å². The maximum absolute atomic E-state index is 13.0. The van der Waals surface area contributed by atoms with Gasteiger partial charge in [-0.2, -0.15) is 13.2 Å². The number of hydrazine groups is 1. The minimum atomic E-state index is -4.67. The van der Waals surface area contributed by atoms with Crippen LogP contribution in [0.1, 0.15) is 36.8 Å². The van der Waals surface area contributed by atoms with Gasteiger partial charge in [-0.05, 0) is 42.5 Å². The molecule has 1 heterocycles. The van der Waals surface area contributed by atoms with Gasteiger partial charge in [0.1, 0.15) is 22.9 Å². The highest BCUT2D eigenvalue weighted by Gasteiger charge is 2.32. The smallest absolute Gasteiger partial charge is 0.416 e. The zero-order valence-corrected chi connectivity index (χ0v) is 18.4.